The summed E-state index contributed by atoms with van der Waals surface area (Å²) in [6.45, 7) is 13.1. The van der Waals surface area contributed by atoms with E-state index < -0.39 is 22.1 Å². The van der Waals surface area contributed by atoms with Crippen LogP contribution in [0.2, 0.25) is 0 Å². The zero-order chi connectivity index (χ0) is 26.5. The quantitative estimate of drug-likeness (QED) is 0.241. The van der Waals surface area contributed by atoms with Crippen LogP contribution < -0.4 is 5.43 Å². The minimum atomic E-state index is -1.27. The molecule has 10 atom stereocenters. The van der Waals surface area contributed by atoms with Crippen molar-refractivity contribution in [2.75, 3.05) is 0 Å². The Morgan fingerprint density at radius 2 is 1.83 bits per heavy atom. The number of nitrogens with one attached hydrogen (secondary N) is 1. The number of aliphatic hydroxyl groups is 1. The van der Waals surface area contributed by atoms with E-state index in [1.807, 2.05) is 0 Å². The largest absolute Gasteiger partial charge is 0.462 e. The molecule has 7 heteroatoms. The van der Waals surface area contributed by atoms with E-state index in [0.717, 1.165) is 18.8 Å². The monoisotopic (exact) mass is 506 g/mol. The Hall–Kier alpha value is -1.37. The average molecular weight is 507 g/mol. The molecule has 7 nitrogen and oxygen atoms in total. The van der Waals surface area contributed by atoms with E-state index >= 15 is 0 Å². The van der Waals surface area contributed by atoms with E-state index in [2.05, 4.69) is 40.0 Å². The minimum Gasteiger partial charge on any atom is -0.462 e. The molecule has 206 valence electrons. The van der Waals surface area contributed by atoms with Gasteiger partial charge in [-0.3, -0.25) is 4.79 Å². The van der Waals surface area contributed by atoms with Crippen molar-refractivity contribution in [3.05, 3.63) is 10.1 Å². The summed E-state index contributed by atoms with van der Waals surface area (Å²) < 4.78 is 5.52. The van der Waals surface area contributed by atoms with Crippen molar-refractivity contribution < 1.29 is 19.7 Å². The van der Waals surface area contributed by atoms with E-state index in [1.54, 1.807) is 0 Å². The predicted molar refractivity (Wildman–Crippen MR) is 139 cm³/mol. The standard InChI is InChI=1S/C29H50N2O5/c1-18(2)8-7-9-19(3)23-10-11-24-22-16-26(30-31(34)35)29(33)17-21(36-20(4)32)12-15-28(29,6)25(22)13-14-27(23,24)5/h18-19,21-26,30,33H,7-17H2,1-6H3/t19?,21-,22-,23+,24-,25-,26+,27+,28+,29-/m0/s1. The third kappa shape index (κ3) is 4.67. The molecule has 0 spiro atoms. The van der Waals surface area contributed by atoms with Crippen molar-refractivity contribution in [1.29, 1.82) is 0 Å². The lowest BCUT2D eigenvalue weighted by Crippen LogP contribution is -2.72. The van der Waals surface area contributed by atoms with E-state index in [1.165, 1.54) is 45.4 Å². The van der Waals surface area contributed by atoms with Crippen LogP contribution in [-0.4, -0.2) is 33.9 Å². The van der Waals surface area contributed by atoms with Gasteiger partial charge < -0.3 is 9.84 Å². The Balaban J connectivity index is 1.59. The van der Waals surface area contributed by atoms with Crippen LogP contribution in [0.3, 0.4) is 0 Å². The maximum Gasteiger partial charge on any atom is 0.302 e. The van der Waals surface area contributed by atoms with Gasteiger partial charge in [0.1, 0.15) is 12.1 Å². The SMILES string of the molecule is CC(=O)O[C@H]1CC[C@]2(C)[C@H]3CC[C@]4(C)[C@@H](C(C)CCCC(C)C)CC[C@H]4[C@@H]3C[C@@H](N[N+](=O)[O-])[C@@]2(O)C1. The van der Waals surface area contributed by atoms with Crippen LogP contribution in [0.1, 0.15) is 112 Å². The van der Waals surface area contributed by atoms with Crippen LogP contribution >= 0.6 is 0 Å². The van der Waals surface area contributed by atoms with Gasteiger partial charge in [0.25, 0.3) is 0 Å². The number of hydrogen-bond donors (Lipinski definition) is 2. The molecule has 4 aliphatic carbocycles. The van der Waals surface area contributed by atoms with Gasteiger partial charge in [-0.15, -0.1) is 5.43 Å². The molecule has 0 heterocycles. The van der Waals surface area contributed by atoms with Crippen molar-refractivity contribution in [1.82, 2.24) is 5.43 Å². The number of fused-ring (bicyclic) bond motifs is 5. The Morgan fingerprint density at radius 3 is 2.47 bits per heavy atom. The summed E-state index contributed by atoms with van der Waals surface area (Å²) in [6, 6.07) is -0.637. The summed E-state index contributed by atoms with van der Waals surface area (Å²) in [4.78, 5) is 23.3. The molecule has 4 saturated carbocycles. The number of carbonyl (C=O) groups excluding carboxylic acids is 1. The maximum absolute atomic E-state index is 12.2. The second-order valence-electron chi connectivity index (χ2n) is 13.9. The molecule has 0 aliphatic heterocycles. The summed E-state index contributed by atoms with van der Waals surface area (Å²) >= 11 is 0. The molecule has 0 saturated heterocycles. The molecule has 0 aromatic heterocycles. The topological polar surface area (TPSA) is 102 Å². The Labute approximate surface area is 217 Å². The fourth-order valence-electron chi connectivity index (χ4n) is 9.93. The van der Waals surface area contributed by atoms with E-state index in [-0.39, 0.29) is 23.9 Å². The van der Waals surface area contributed by atoms with E-state index in [4.69, 9.17) is 4.74 Å². The lowest BCUT2D eigenvalue weighted by Gasteiger charge is -2.65. The Bertz CT molecular complexity index is 834. The third-order valence-electron chi connectivity index (χ3n) is 11.6. The zero-order valence-electron chi connectivity index (χ0n) is 23.4. The molecule has 0 aromatic rings. The van der Waals surface area contributed by atoms with Gasteiger partial charge in [0.15, 0.2) is 5.03 Å². The first kappa shape index (κ1) is 27.7. The van der Waals surface area contributed by atoms with Crippen LogP contribution in [0, 0.1) is 56.5 Å². The highest BCUT2D eigenvalue weighted by atomic mass is 16.7. The highest BCUT2D eigenvalue weighted by Crippen LogP contribution is 2.69. The lowest BCUT2D eigenvalue weighted by atomic mass is 9.42. The summed E-state index contributed by atoms with van der Waals surface area (Å²) in [5.74, 6) is 3.10. The van der Waals surface area contributed by atoms with Crippen LogP contribution in [0.25, 0.3) is 0 Å². The Kier molecular flexibility index (Phi) is 7.74. The number of esters is 1. The average Bonchev–Trinajstić information content (AvgIpc) is 3.12. The first-order valence-corrected chi connectivity index (χ1v) is 14.6. The van der Waals surface area contributed by atoms with E-state index in [9.17, 15) is 20.0 Å². The molecular formula is C29H50N2O5. The molecule has 0 aromatic carbocycles. The molecule has 0 radical (unpaired) electrons. The van der Waals surface area contributed by atoms with E-state index in [0.29, 0.717) is 42.4 Å². The number of nitro groups is 1. The minimum absolute atomic E-state index is 0.273. The molecule has 1 unspecified atom stereocenters. The number of rotatable bonds is 8. The van der Waals surface area contributed by atoms with Crippen molar-refractivity contribution in [3.63, 3.8) is 0 Å². The lowest BCUT2D eigenvalue weighted by molar-refractivity contribution is -0.559. The number of hydrazine groups is 1. The fraction of sp³-hybridized carbons (Fsp3) is 0.966. The van der Waals surface area contributed by atoms with Gasteiger partial charge in [-0.2, -0.15) is 0 Å². The fourth-order valence-corrected chi connectivity index (χ4v) is 9.93. The molecular weight excluding hydrogens is 456 g/mol. The van der Waals surface area contributed by atoms with Gasteiger partial charge in [0, 0.05) is 18.8 Å². The van der Waals surface area contributed by atoms with Gasteiger partial charge in [0.2, 0.25) is 0 Å². The summed E-state index contributed by atoms with van der Waals surface area (Å²) in [5, 5.41) is 23.4. The molecule has 4 fully saturated rings. The first-order chi connectivity index (χ1) is 16.8. The molecule has 0 bridgehead atoms. The van der Waals surface area contributed by atoms with Crippen molar-refractivity contribution in [2.45, 2.75) is 130 Å². The van der Waals surface area contributed by atoms with Crippen LogP contribution in [0.5, 0.6) is 0 Å². The molecule has 36 heavy (non-hydrogen) atoms. The smallest absolute Gasteiger partial charge is 0.302 e. The maximum atomic E-state index is 12.2. The molecule has 2 N–H and O–H groups in total. The predicted octanol–water partition coefficient (Wildman–Crippen LogP) is 5.91. The van der Waals surface area contributed by atoms with Gasteiger partial charge >= 0.3 is 5.97 Å². The van der Waals surface area contributed by atoms with Crippen LogP contribution in [0.15, 0.2) is 0 Å². The number of carbonyl (C=O) groups is 1. The third-order valence-corrected chi connectivity index (χ3v) is 11.6. The molecule has 0 amide bonds. The molecule has 4 rings (SSSR count). The second kappa shape index (κ2) is 10.1. The van der Waals surface area contributed by atoms with Gasteiger partial charge in [-0.1, -0.05) is 53.9 Å². The molecule has 4 aliphatic rings. The highest BCUT2D eigenvalue weighted by molar-refractivity contribution is 5.66. The van der Waals surface area contributed by atoms with Gasteiger partial charge in [0.05, 0.1) is 5.60 Å². The first-order valence-electron chi connectivity index (χ1n) is 14.6. The summed E-state index contributed by atoms with van der Waals surface area (Å²) in [6.07, 6.45) is 10.6. The zero-order valence-corrected chi connectivity index (χ0v) is 23.4. The van der Waals surface area contributed by atoms with Gasteiger partial charge in [-0.25, -0.2) is 10.1 Å². The Morgan fingerprint density at radius 1 is 1.11 bits per heavy atom. The van der Waals surface area contributed by atoms with Crippen molar-refractivity contribution in [2.24, 2.45) is 46.3 Å². The van der Waals surface area contributed by atoms with Crippen molar-refractivity contribution in [3.8, 4) is 0 Å². The highest BCUT2D eigenvalue weighted by Gasteiger charge is 2.68. The van der Waals surface area contributed by atoms with Crippen LogP contribution in [0.4, 0.5) is 0 Å². The number of hydrogen-bond acceptors (Lipinski definition) is 5. The van der Waals surface area contributed by atoms with Gasteiger partial charge in [-0.05, 0) is 85.9 Å². The van der Waals surface area contributed by atoms with Crippen molar-refractivity contribution >= 4 is 5.97 Å². The number of nitrogens with zero attached hydrogens (tertiary/aromatic N) is 1. The summed E-state index contributed by atoms with van der Waals surface area (Å²) in [7, 11) is 0. The summed E-state index contributed by atoms with van der Waals surface area (Å²) in [5.41, 5.74) is 1.13. The normalized spacial score (nSPS) is 44.8. The number of ether oxygens (including phenoxy) is 1. The van der Waals surface area contributed by atoms with Crippen LogP contribution in [-0.2, 0) is 9.53 Å². The second-order valence-corrected chi connectivity index (χ2v) is 13.9.